The molecule has 186 valence electrons. The maximum absolute atomic E-state index is 10.3. The zero-order valence-corrected chi connectivity index (χ0v) is 30.2. The Morgan fingerprint density at radius 1 is 0.333 bits per heavy atom. The zero-order valence-electron chi connectivity index (χ0n) is 22.8. The Balaban J connectivity index is -0.000000149. The van der Waals surface area contributed by atoms with Crippen LogP contribution in [0.3, 0.4) is 0 Å². The Labute approximate surface area is 351 Å². The third kappa shape index (κ3) is 14.7. The van der Waals surface area contributed by atoms with E-state index in [9.17, 15) is 59.4 Å². The van der Waals surface area contributed by atoms with Gasteiger partial charge in [0.2, 0.25) is 0 Å². The second kappa shape index (κ2) is 22.0. The predicted molar refractivity (Wildman–Crippen MR) is 108 cm³/mol. The van der Waals surface area contributed by atoms with Gasteiger partial charge in [-0.05, 0) is 0 Å². The molecule has 0 N–H and O–H groups in total. The Kier molecular flexibility index (Phi) is 24.2. The molecule has 0 aliphatic heterocycles. The molecule has 0 saturated heterocycles. The molecule has 0 amide bonds. The molecular formula is C24H14K3O12-. The van der Waals surface area contributed by atoms with Crippen LogP contribution in [-0.2, 0) is 0 Å². The number of hydrogen-bond donors (Lipinski definition) is 0. The van der Waals surface area contributed by atoms with E-state index in [1.165, 1.54) is 36.4 Å². The molecule has 39 heavy (non-hydrogen) atoms. The molecule has 12 nitrogen and oxygen atoms in total. The Bertz CT molecular complexity index is 1080. The van der Waals surface area contributed by atoms with Crippen molar-refractivity contribution >= 4 is 35.8 Å². The predicted octanol–water partition coefficient (Wildman–Crippen LogP) is -13.5. The first-order valence-corrected chi connectivity index (χ1v) is 9.43. The standard InChI is InChI=1S/3C8H6O4.3K/c3*9-7(10)5-3-1-2-4-6(5)8(11)12;;;/h3*1-4H,(H,9,10)(H,11,12);;;/q;;;3*+1/p-4. The van der Waals surface area contributed by atoms with Gasteiger partial charge in [0.15, 0.2) is 0 Å². The van der Waals surface area contributed by atoms with Gasteiger partial charge in [0.1, 0.15) is 0 Å². The number of carboxylic acids is 6. The molecule has 0 saturated carbocycles. The molecule has 0 spiro atoms. The topological polar surface area (TPSA) is 241 Å². The second-order valence-corrected chi connectivity index (χ2v) is 6.36. The van der Waals surface area contributed by atoms with Gasteiger partial charge in [0, 0.05) is 33.4 Å². The van der Waals surface area contributed by atoms with Gasteiger partial charge < -0.3 is 59.4 Å². The van der Waals surface area contributed by atoms with E-state index in [1.807, 2.05) is 0 Å². The van der Waals surface area contributed by atoms with Gasteiger partial charge in [-0.3, -0.25) is 0 Å². The van der Waals surface area contributed by atoms with Crippen LogP contribution in [0.4, 0.5) is 0 Å². The van der Waals surface area contributed by atoms with E-state index in [0.29, 0.717) is 0 Å². The molecule has 3 aromatic rings. The van der Waals surface area contributed by atoms with E-state index in [4.69, 9.17) is 0 Å². The fraction of sp³-hybridized carbons (Fsp3) is 0. The van der Waals surface area contributed by atoms with Gasteiger partial charge in [-0.25, -0.2) is 0 Å². The summed E-state index contributed by atoms with van der Waals surface area (Å²) in [6.07, 6.45) is 0. The average molecular weight is 612 g/mol. The summed E-state index contributed by atoms with van der Waals surface area (Å²) < 4.78 is 0. The van der Waals surface area contributed by atoms with Gasteiger partial charge in [-0.15, -0.1) is 0 Å². The molecule has 0 aliphatic rings. The van der Waals surface area contributed by atoms with E-state index < -0.39 is 35.8 Å². The van der Waals surface area contributed by atoms with Crippen molar-refractivity contribution in [1.29, 1.82) is 0 Å². The summed E-state index contributed by atoms with van der Waals surface area (Å²) in [7, 11) is 0. The molecule has 0 bridgehead atoms. The van der Waals surface area contributed by atoms with Gasteiger partial charge in [0.05, 0.1) is 35.8 Å². The molecule has 0 heterocycles. The van der Waals surface area contributed by atoms with Crippen molar-refractivity contribution in [3.63, 3.8) is 0 Å². The van der Waals surface area contributed by atoms with Crippen LogP contribution >= 0.6 is 0 Å². The van der Waals surface area contributed by atoms with Gasteiger partial charge in [-0.2, -0.15) is 0 Å². The van der Waals surface area contributed by atoms with E-state index >= 15 is 0 Å². The number of carboxylic acid groups (broad SMARTS) is 6. The number of aromatic carboxylic acids is 6. The van der Waals surface area contributed by atoms with Crippen molar-refractivity contribution in [1.82, 2.24) is 0 Å². The first-order chi connectivity index (χ1) is 16.9. The Morgan fingerprint density at radius 2 is 0.436 bits per heavy atom. The fourth-order valence-electron chi connectivity index (χ4n) is 2.52. The van der Waals surface area contributed by atoms with Crippen LogP contribution in [0.2, 0.25) is 0 Å². The summed E-state index contributed by atoms with van der Waals surface area (Å²) in [4.78, 5) is 61.9. The largest absolute Gasteiger partial charge is 1.00 e. The SMILES string of the molecule is O=C([O-])c1ccccc1C(=O)[O-].O=C([O-])c1ccccc1C(=O)[O-].O=C([O-])c1ccccc1C(=O)[O-].[H+].[H+].[K+].[K+].[K+]. The average Bonchev–Trinajstić information content (AvgIpc) is 2.84. The Morgan fingerprint density at radius 3 is 0.513 bits per heavy atom. The molecule has 0 aromatic heterocycles. The summed E-state index contributed by atoms with van der Waals surface area (Å²) >= 11 is 0. The molecule has 15 heteroatoms. The van der Waals surface area contributed by atoms with Crippen LogP contribution in [0.5, 0.6) is 0 Å². The van der Waals surface area contributed by atoms with E-state index in [0.717, 1.165) is 36.4 Å². The smallest absolute Gasteiger partial charge is 0.545 e. The van der Waals surface area contributed by atoms with Crippen LogP contribution in [0.25, 0.3) is 0 Å². The van der Waals surface area contributed by atoms with Crippen molar-refractivity contribution < 1.29 is 216 Å². The zero-order chi connectivity index (χ0) is 27.4. The third-order valence-corrected chi connectivity index (χ3v) is 4.10. The van der Waals surface area contributed by atoms with E-state index in [-0.39, 0.29) is 190 Å². The monoisotopic (exact) mass is 611 g/mol. The number of carbonyl (C=O) groups excluding carboxylic acids is 6. The van der Waals surface area contributed by atoms with Crippen LogP contribution in [0, 0.1) is 0 Å². The third-order valence-electron chi connectivity index (χ3n) is 4.10. The summed E-state index contributed by atoms with van der Waals surface area (Å²) in [6, 6.07) is 15.4. The molecule has 0 aliphatic carbocycles. The van der Waals surface area contributed by atoms with Gasteiger partial charge in [0.25, 0.3) is 0 Å². The van der Waals surface area contributed by atoms with Crippen LogP contribution in [0.1, 0.15) is 65.0 Å². The Hall–Kier alpha value is -0.611. The first-order valence-electron chi connectivity index (χ1n) is 9.43. The molecule has 0 fully saturated rings. The number of rotatable bonds is 6. The quantitative estimate of drug-likeness (QED) is 0.236. The normalized spacial score (nSPS) is 8.62. The minimum atomic E-state index is -1.52. The van der Waals surface area contributed by atoms with Crippen LogP contribution in [0.15, 0.2) is 72.8 Å². The molecule has 0 radical (unpaired) electrons. The molecule has 3 aromatic carbocycles. The summed E-state index contributed by atoms with van der Waals surface area (Å²) in [5, 5.41) is 61.9. The number of hydrogen-bond acceptors (Lipinski definition) is 12. The van der Waals surface area contributed by atoms with Crippen LogP contribution in [-0.4, -0.2) is 35.8 Å². The minimum absolute atomic E-state index is 0. The summed E-state index contributed by atoms with van der Waals surface area (Å²) in [5.41, 5.74) is -2.18. The van der Waals surface area contributed by atoms with Gasteiger partial charge >= 0.3 is 157 Å². The number of carbonyl (C=O) groups is 6. The summed E-state index contributed by atoms with van der Waals surface area (Å²) in [6.45, 7) is 0. The molecule has 0 atom stereocenters. The molecule has 0 unspecified atom stereocenters. The number of benzene rings is 3. The van der Waals surface area contributed by atoms with E-state index in [1.54, 1.807) is 0 Å². The molecule has 3 rings (SSSR count). The summed E-state index contributed by atoms with van der Waals surface area (Å²) in [5.74, 6) is -9.11. The second-order valence-electron chi connectivity index (χ2n) is 6.36. The van der Waals surface area contributed by atoms with Crippen molar-refractivity contribution in [2.75, 3.05) is 0 Å². The van der Waals surface area contributed by atoms with Crippen molar-refractivity contribution in [2.24, 2.45) is 0 Å². The minimum Gasteiger partial charge on any atom is -0.545 e. The van der Waals surface area contributed by atoms with E-state index in [2.05, 4.69) is 0 Å². The fourth-order valence-corrected chi connectivity index (χ4v) is 2.52. The maximum Gasteiger partial charge on any atom is 1.00 e. The van der Waals surface area contributed by atoms with Gasteiger partial charge in [-0.1, -0.05) is 72.8 Å². The van der Waals surface area contributed by atoms with Crippen molar-refractivity contribution in [2.45, 2.75) is 0 Å². The van der Waals surface area contributed by atoms with Crippen molar-refractivity contribution in [3.8, 4) is 0 Å². The first kappa shape index (κ1) is 42.9. The van der Waals surface area contributed by atoms with Crippen molar-refractivity contribution in [3.05, 3.63) is 106 Å². The van der Waals surface area contributed by atoms with Crippen LogP contribution < -0.4 is 185 Å². The maximum atomic E-state index is 10.3. The molecular weight excluding hydrogens is 598 g/mol.